The van der Waals surface area contributed by atoms with Gasteiger partial charge in [-0.3, -0.25) is 4.90 Å². The number of nitrogens with zero attached hydrogens (tertiary/aromatic N) is 3. The van der Waals surface area contributed by atoms with Crippen molar-refractivity contribution < 1.29 is 40.2 Å². The third-order valence-electron chi connectivity index (χ3n) is 7.02. The molecule has 1 aromatic heterocycles. The van der Waals surface area contributed by atoms with Gasteiger partial charge in [-0.1, -0.05) is 0 Å². The number of hydrogen-bond donors (Lipinski definition) is 1. The fraction of sp³-hybridized carbons (Fsp3) is 0.750. The Kier molecular flexibility index (Phi) is 6.53. The second-order valence-electron chi connectivity index (χ2n) is 9.25. The van der Waals surface area contributed by atoms with Gasteiger partial charge in [0, 0.05) is 11.5 Å². The first-order chi connectivity index (χ1) is 15.8. The number of ether oxygens (including phenoxy) is 2. The molecule has 1 aromatic rings. The minimum atomic E-state index is -4.77. The molecule has 14 heteroatoms. The topological polar surface area (TPSA) is 111 Å². The lowest BCUT2D eigenvalue weighted by Gasteiger charge is -2.33. The number of likely N-dealkylation sites (tertiary alicyclic amines) is 1. The predicted octanol–water partition coefficient (Wildman–Crippen LogP) is 2.13. The number of nitrogens with one attached hydrogen (secondary N) is 1. The fourth-order valence-corrected chi connectivity index (χ4v) is 6.19. The first-order valence-corrected chi connectivity index (χ1v) is 12.7. The highest BCUT2D eigenvalue weighted by molar-refractivity contribution is 7.88. The Morgan fingerprint density at radius 2 is 1.97 bits per heavy atom. The van der Waals surface area contributed by atoms with Gasteiger partial charge in [-0.2, -0.15) is 13.2 Å². The summed E-state index contributed by atoms with van der Waals surface area (Å²) in [5.41, 5.74) is -0.235. The Bertz CT molecular complexity index is 1020. The van der Waals surface area contributed by atoms with Crippen LogP contribution < -0.4 is 4.72 Å². The largest absolute Gasteiger partial charge is 0.453 e. The Morgan fingerprint density at radius 1 is 1.29 bits per heavy atom. The van der Waals surface area contributed by atoms with E-state index in [2.05, 4.69) is 19.4 Å². The summed E-state index contributed by atoms with van der Waals surface area (Å²) in [6.07, 6.45) is -1.12. The van der Waals surface area contributed by atoms with Crippen LogP contribution in [0.5, 0.6) is 0 Å². The minimum Gasteiger partial charge on any atom is -0.453 e. The molecule has 0 unspecified atom stereocenters. The third-order valence-corrected chi connectivity index (χ3v) is 7.75. The molecule has 1 aliphatic heterocycles. The fourth-order valence-electron chi connectivity index (χ4n) is 5.38. The van der Waals surface area contributed by atoms with Crippen molar-refractivity contribution in [1.29, 1.82) is 0 Å². The number of fused-ring (bicyclic) bond motifs is 1. The van der Waals surface area contributed by atoms with Crippen LogP contribution in [0.1, 0.15) is 37.9 Å². The zero-order chi connectivity index (χ0) is 24.9. The summed E-state index contributed by atoms with van der Waals surface area (Å²) in [4.78, 5) is 21.0. The number of halogens is 4. The average molecular weight is 511 g/mol. The molecule has 6 atom stereocenters. The summed E-state index contributed by atoms with van der Waals surface area (Å²) in [6, 6.07) is -4.58. The highest BCUT2D eigenvalue weighted by atomic mass is 32.2. The van der Waals surface area contributed by atoms with Crippen molar-refractivity contribution in [2.75, 3.05) is 20.0 Å². The van der Waals surface area contributed by atoms with Crippen LogP contribution in [-0.2, 0) is 24.9 Å². The summed E-state index contributed by atoms with van der Waals surface area (Å²) in [5, 5.41) is 0. The zero-order valence-electron chi connectivity index (χ0n) is 18.6. The number of alkyl halides is 3. The lowest BCUT2D eigenvalue weighted by molar-refractivity contribution is -0.175. The van der Waals surface area contributed by atoms with E-state index in [0.29, 0.717) is 30.0 Å². The highest BCUT2D eigenvalue weighted by Gasteiger charge is 2.60. The first kappa shape index (κ1) is 25.0. The van der Waals surface area contributed by atoms with Crippen LogP contribution in [0, 0.1) is 11.7 Å². The van der Waals surface area contributed by atoms with E-state index in [1.54, 1.807) is 0 Å². The summed E-state index contributed by atoms with van der Waals surface area (Å²) >= 11 is 0. The molecule has 9 nitrogen and oxygen atoms in total. The average Bonchev–Trinajstić information content (AvgIpc) is 3.37. The molecule has 3 aliphatic rings. The van der Waals surface area contributed by atoms with Crippen molar-refractivity contribution in [3.8, 4) is 0 Å². The van der Waals surface area contributed by atoms with Gasteiger partial charge in [-0.25, -0.2) is 32.3 Å². The number of carbonyl (C=O) groups is 1. The molecule has 3 fully saturated rings. The Balaban J connectivity index is 1.45. The number of amides is 1. The smallest absolute Gasteiger partial charge is 0.410 e. The number of hydrogen-bond acceptors (Lipinski definition) is 7. The predicted molar refractivity (Wildman–Crippen MR) is 110 cm³/mol. The highest BCUT2D eigenvalue weighted by Crippen LogP contribution is 2.61. The summed E-state index contributed by atoms with van der Waals surface area (Å²) in [6.45, 7) is -0.285. The second-order valence-corrected chi connectivity index (χ2v) is 11.0. The monoisotopic (exact) mass is 510 g/mol. The molecule has 1 N–H and O–H groups in total. The van der Waals surface area contributed by atoms with Crippen LogP contribution in [-0.4, -0.2) is 79.8 Å². The van der Waals surface area contributed by atoms with Crippen LogP contribution in [0.25, 0.3) is 0 Å². The first-order valence-electron chi connectivity index (χ1n) is 10.8. The molecule has 34 heavy (non-hydrogen) atoms. The van der Waals surface area contributed by atoms with Gasteiger partial charge in [-0.15, -0.1) is 0 Å². The number of carbonyl (C=O) groups excluding carboxylic acids is 1. The van der Waals surface area contributed by atoms with E-state index < -0.39 is 52.7 Å². The van der Waals surface area contributed by atoms with Gasteiger partial charge >= 0.3 is 12.3 Å². The van der Waals surface area contributed by atoms with Gasteiger partial charge in [0.25, 0.3) is 0 Å². The van der Waals surface area contributed by atoms with Crippen LogP contribution in [0.4, 0.5) is 22.4 Å². The van der Waals surface area contributed by atoms with Crippen LogP contribution >= 0.6 is 0 Å². The lowest BCUT2D eigenvalue weighted by Crippen LogP contribution is -2.52. The molecule has 1 amide bonds. The zero-order valence-corrected chi connectivity index (χ0v) is 19.4. The lowest BCUT2D eigenvalue weighted by atomic mass is 9.86. The summed E-state index contributed by atoms with van der Waals surface area (Å²) in [5.74, 6) is 0.260. The number of aromatic nitrogens is 2. The molecule has 190 valence electrons. The van der Waals surface area contributed by atoms with E-state index in [-0.39, 0.29) is 24.0 Å². The molecule has 0 aromatic carbocycles. The van der Waals surface area contributed by atoms with E-state index in [9.17, 15) is 30.8 Å². The molecular formula is C20H26F4N4O5S. The molecule has 1 saturated heterocycles. The third kappa shape index (κ3) is 4.98. The van der Waals surface area contributed by atoms with Crippen LogP contribution in [0.3, 0.4) is 0 Å². The molecule has 0 spiro atoms. The number of sulfonamides is 1. The van der Waals surface area contributed by atoms with E-state index >= 15 is 0 Å². The van der Waals surface area contributed by atoms with E-state index in [1.807, 2.05) is 0 Å². The van der Waals surface area contributed by atoms with Crippen molar-refractivity contribution in [3.05, 3.63) is 24.0 Å². The van der Waals surface area contributed by atoms with Crippen molar-refractivity contribution in [3.63, 3.8) is 0 Å². The van der Waals surface area contributed by atoms with Gasteiger partial charge < -0.3 is 9.47 Å². The van der Waals surface area contributed by atoms with Gasteiger partial charge in [0.05, 0.1) is 44.5 Å². The number of methoxy groups -OCH3 is 1. The normalized spacial score (nSPS) is 33.5. The van der Waals surface area contributed by atoms with Crippen LogP contribution in [0.15, 0.2) is 12.4 Å². The minimum absolute atomic E-state index is 0.199. The quantitative estimate of drug-likeness (QED) is 0.584. The Labute approximate surface area is 194 Å². The molecule has 0 bridgehead atoms. The van der Waals surface area contributed by atoms with Gasteiger partial charge in [0.1, 0.15) is 11.9 Å². The maximum absolute atomic E-state index is 13.7. The van der Waals surface area contributed by atoms with Gasteiger partial charge in [0.15, 0.2) is 5.82 Å². The molecule has 2 heterocycles. The van der Waals surface area contributed by atoms with E-state index in [4.69, 9.17) is 4.74 Å². The van der Waals surface area contributed by atoms with Crippen molar-refractivity contribution >= 4 is 16.1 Å². The SMILES string of the molecule is COC(=O)N1[C@H](C(F)(F)F)C[C@H](NS(C)(=O)=O)[C@@H]1CO[C@H]1CC[C@@]2(c3ncc(F)cn3)C[C@H]2C1. The van der Waals surface area contributed by atoms with Gasteiger partial charge in [0.2, 0.25) is 10.0 Å². The molecule has 2 aliphatic carbocycles. The summed E-state index contributed by atoms with van der Waals surface area (Å²) < 4.78 is 90.4. The van der Waals surface area contributed by atoms with E-state index in [1.165, 1.54) is 0 Å². The maximum atomic E-state index is 13.7. The Morgan fingerprint density at radius 3 is 2.53 bits per heavy atom. The van der Waals surface area contributed by atoms with Crippen molar-refractivity contribution in [2.24, 2.45) is 5.92 Å². The second kappa shape index (κ2) is 8.86. The standard InChI is InChI=1S/C20H26F4N4O5S/c1-32-18(29)28-15(14(27-34(2,30)31)6-16(28)20(22,23)24)10-33-13-3-4-19(7-11(19)5-13)17-25-8-12(21)9-26-17/h8-9,11,13-16,27H,3-7,10H2,1-2H3/t11-,13+,14+,15+,16+,19-/m1/s1. The van der Waals surface area contributed by atoms with Gasteiger partial charge in [-0.05, 0) is 38.0 Å². The van der Waals surface area contributed by atoms with Crippen molar-refractivity contribution in [1.82, 2.24) is 19.6 Å². The molecular weight excluding hydrogens is 484 g/mol. The Hall–Kier alpha value is -2.06. The maximum Gasteiger partial charge on any atom is 0.410 e. The molecule has 0 radical (unpaired) electrons. The molecule has 2 saturated carbocycles. The number of rotatable bonds is 6. The summed E-state index contributed by atoms with van der Waals surface area (Å²) in [7, 11) is -2.88. The molecule has 4 rings (SSSR count). The van der Waals surface area contributed by atoms with Crippen LogP contribution in [0.2, 0.25) is 0 Å². The van der Waals surface area contributed by atoms with E-state index in [0.717, 1.165) is 32.2 Å². The van der Waals surface area contributed by atoms with Crippen molar-refractivity contribution in [2.45, 2.75) is 67.9 Å².